The maximum atomic E-state index is 12.0. The van der Waals surface area contributed by atoms with E-state index in [2.05, 4.69) is 31.3 Å². The van der Waals surface area contributed by atoms with Crippen molar-refractivity contribution in [2.24, 2.45) is 11.1 Å². The van der Waals surface area contributed by atoms with E-state index in [0.29, 0.717) is 6.54 Å². The van der Waals surface area contributed by atoms with Gasteiger partial charge in [-0.3, -0.25) is 4.79 Å². The summed E-state index contributed by atoms with van der Waals surface area (Å²) in [4.78, 5) is 12.0. The Bertz CT molecular complexity index is 612. The fraction of sp³-hybridized carbons (Fsp3) is 0.611. The molecule has 1 atom stereocenters. The van der Waals surface area contributed by atoms with Gasteiger partial charge in [0, 0.05) is 12.8 Å². The number of hydrogen-bond acceptors (Lipinski definition) is 4. The predicted molar refractivity (Wildman–Crippen MR) is 98.5 cm³/mol. The Kier molecular flexibility index (Phi) is 7.90. The van der Waals surface area contributed by atoms with Crippen molar-refractivity contribution in [1.29, 1.82) is 0 Å². The summed E-state index contributed by atoms with van der Waals surface area (Å²) >= 11 is 0. The summed E-state index contributed by atoms with van der Waals surface area (Å²) in [5.74, 6) is -0.350. The molecule has 24 heavy (non-hydrogen) atoms. The van der Waals surface area contributed by atoms with E-state index in [0.717, 1.165) is 25.5 Å². The topological polar surface area (TPSA) is 89.3 Å². The molecule has 1 aromatic carbocycles. The van der Waals surface area contributed by atoms with Gasteiger partial charge >= 0.3 is 0 Å². The van der Waals surface area contributed by atoms with E-state index in [1.54, 1.807) is 0 Å². The molecule has 0 bridgehead atoms. The predicted octanol–water partition coefficient (Wildman–Crippen LogP) is 1.91. The smallest absolute Gasteiger partial charge is 0.236 e. The molecular formula is C18H30N2O3S. The molecule has 1 amide bonds. The number of hydrogen-bond donors (Lipinski definition) is 2. The fourth-order valence-corrected chi connectivity index (χ4v) is 3.12. The molecule has 1 rings (SSSR count). The minimum Gasteiger partial charge on any atom is -0.354 e. The molecule has 0 saturated carbocycles. The highest BCUT2D eigenvalue weighted by Gasteiger charge is 2.21. The molecule has 0 spiro atoms. The molecule has 5 nitrogen and oxygen atoms in total. The Morgan fingerprint density at radius 2 is 1.88 bits per heavy atom. The molecule has 6 heteroatoms. The van der Waals surface area contributed by atoms with E-state index in [4.69, 9.17) is 5.73 Å². The lowest BCUT2D eigenvalue weighted by atomic mass is 9.86. The fourth-order valence-electron chi connectivity index (χ4n) is 2.43. The average Bonchev–Trinajstić information content (AvgIpc) is 2.50. The van der Waals surface area contributed by atoms with Gasteiger partial charge in [-0.25, -0.2) is 8.42 Å². The second-order valence-electron chi connectivity index (χ2n) is 7.25. The first-order valence-electron chi connectivity index (χ1n) is 8.34. The standard InChI is InChI=1S/C18H30N2O3S/c1-18(2,12-7-10-15-8-5-4-6-9-15)14-20-17(21)16(19)11-13-24(3,22)23/h4-6,8-9,16H,7,10-14,19H2,1-3H3,(H,20,21). The van der Waals surface area contributed by atoms with E-state index in [1.807, 2.05) is 18.2 Å². The SMILES string of the molecule is CC(C)(CCCc1ccccc1)CNC(=O)C(N)CCS(C)(=O)=O. The molecule has 0 aliphatic carbocycles. The van der Waals surface area contributed by atoms with Gasteiger partial charge < -0.3 is 11.1 Å². The van der Waals surface area contributed by atoms with Crippen LogP contribution in [0, 0.1) is 5.41 Å². The Morgan fingerprint density at radius 1 is 1.25 bits per heavy atom. The van der Waals surface area contributed by atoms with Gasteiger partial charge in [-0.15, -0.1) is 0 Å². The van der Waals surface area contributed by atoms with E-state index in [-0.39, 0.29) is 23.5 Å². The number of nitrogens with two attached hydrogens (primary N) is 1. The zero-order valence-corrected chi connectivity index (χ0v) is 15.7. The summed E-state index contributed by atoms with van der Waals surface area (Å²) in [5, 5.41) is 2.85. The first kappa shape index (κ1) is 20.6. The normalized spacial score (nSPS) is 13.5. The first-order chi connectivity index (χ1) is 11.1. The summed E-state index contributed by atoms with van der Waals surface area (Å²) in [6.45, 7) is 4.76. The van der Waals surface area contributed by atoms with Crippen LogP contribution in [0.5, 0.6) is 0 Å². The maximum absolute atomic E-state index is 12.0. The van der Waals surface area contributed by atoms with Crippen LogP contribution in [0.15, 0.2) is 30.3 Å². The largest absolute Gasteiger partial charge is 0.354 e. The maximum Gasteiger partial charge on any atom is 0.236 e. The third-order valence-corrected chi connectivity index (χ3v) is 5.02. The Hall–Kier alpha value is -1.40. The van der Waals surface area contributed by atoms with Gasteiger partial charge in [0.25, 0.3) is 0 Å². The molecule has 0 aliphatic heterocycles. The van der Waals surface area contributed by atoms with E-state index >= 15 is 0 Å². The van der Waals surface area contributed by atoms with Crippen molar-refractivity contribution in [1.82, 2.24) is 5.32 Å². The van der Waals surface area contributed by atoms with Crippen LogP contribution in [-0.2, 0) is 21.1 Å². The van der Waals surface area contributed by atoms with Crippen molar-refractivity contribution in [2.45, 2.75) is 45.6 Å². The molecule has 136 valence electrons. The average molecular weight is 355 g/mol. The molecule has 0 fully saturated rings. The third-order valence-electron chi connectivity index (χ3n) is 4.04. The van der Waals surface area contributed by atoms with Crippen LogP contribution in [-0.4, -0.2) is 38.9 Å². The van der Waals surface area contributed by atoms with Crippen molar-refractivity contribution in [3.05, 3.63) is 35.9 Å². The number of carbonyl (C=O) groups is 1. The molecule has 0 radical (unpaired) electrons. The number of rotatable bonds is 10. The summed E-state index contributed by atoms with van der Waals surface area (Å²) in [5.41, 5.74) is 7.05. The summed E-state index contributed by atoms with van der Waals surface area (Å²) in [6, 6.07) is 9.55. The van der Waals surface area contributed by atoms with E-state index < -0.39 is 15.9 Å². The lowest BCUT2D eigenvalue weighted by molar-refractivity contribution is -0.122. The summed E-state index contributed by atoms with van der Waals surface area (Å²) in [7, 11) is -3.09. The van der Waals surface area contributed by atoms with E-state index in [1.165, 1.54) is 5.56 Å². The van der Waals surface area contributed by atoms with Crippen LogP contribution in [0.4, 0.5) is 0 Å². The van der Waals surface area contributed by atoms with Crippen LogP contribution in [0.3, 0.4) is 0 Å². The molecule has 0 aliphatic rings. The second-order valence-corrected chi connectivity index (χ2v) is 9.51. The van der Waals surface area contributed by atoms with Gasteiger partial charge in [0.05, 0.1) is 11.8 Å². The molecule has 1 aromatic rings. The molecule has 3 N–H and O–H groups in total. The zero-order chi connectivity index (χ0) is 18.2. The molecule has 0 heterocycles. The van der Waals surface area contributed by atoms with Gasteiger partial charge in [-0.05, 0) is 36.7 Å². The number of nitrogens with one attached hydrogen (secondary N) is 1. The molecule has 1 unspecified atom stereocenters. The van der Waals surface area contributed by atoms with Gasteiger partial charge in [-0.1, -0.05) is 44.2 Å². The van der Waals surface area contributed by atoms with Crippen molar-refractivity contribution < 1.29 is 13.2 Å². The molecule has 0 saturated heterocycles. The minimum atomic E-state index is -3.09. The summed E-state index contributed by atoms with van der Waals surface area (Å²) < 4.78 is 22.2. The third kappa shape index (κ3) is 9.03. The highest BCUT2D eigenvalue weighted by Crippen LogP contribution is 2.22. The van der Waals surface area contributed by atoms with Crippen LogP contribution < -0.4 is 11.1 Å². The molecule has 0 aromatic heterocycles. The van der Waals surface area contributed by atoms with Crippen LogP contribution in [0.2, 0.25) is 0 Å². The Labute approximate surface area is 145 Å². The van der Waals surface area contributed by atoms with Crippen LogP contribution >= 0.6 is 0 Å². The van der Waals surface area contributed by atoms with Crippen molar-refractivity contribution in [2.75, 3.05) is 18.6 Å². The van der Waals surface area contributed by atoms with Crippen molar-refractivity contribution >= 4 is 15.7 Å². The highest BCUT2D eigenvalue weighted by molar-refractivity contribution is 7.90. The van der Waals surface area contributed by atoms with Crippen LogP contribution in [0.25, 0.3) is 0 Å². The second kappa shape index (κ2) is 9.18. The van der Waals surface area contributed by atoms with Gasteiger partial charge in [0.1, 0.15) is 9.84 Å². The molecular weight excluding hydrogens is 324 g/mol. The minimum absolute atomic E-state index is 0.0268. The number of benzene rings is 1. The monoisotopic (exact) mass is 354 g/mol. The quantitative estimate of drug-likeness (QED) is 0.672. The van der Waals surface area contributed by atoms with Gasteiger partial charge in [0.15, 0.2) is 0 Å². The van der Waals surface area contributed by atoms with Gasteiger partial charge in [0.2, 0.25) is 5.91 Å². The lowest BCUT2D eigenvalue weighted by Gasteiger charge is -2.26. The van der Waals surface area contributed by atoms with Crippen LogP contribution in [0.1, 0.15) is 38.7 Å². The van der Waals surface area contributed by atoms with Gasteiger partial charge in [-0.2, -0.15) is 0 Å². The lowest BCUT2D eigenvalue weighted by Crippen LogP contribution is -2.44. The number of carbonyl (C=O) groups excluding carboxylic acids is 1. The van der Waals surface area contributed by atoms with E-state index in [9.17, 15) is 13.2 Å². The Balaban J connectivity index is 2.31. The summed E-state index contributed by atoms with van der Waals surface area (Å²) in [6.07, 6.45) is 4.35. The zero-order valence-electron chi connectivity index (χ0n) is 14.9. The number of amides is 1. The van der Waals surface area contributed by atoms with Crippen molar-refractivity contribution in [3.63, 3.8) is 0 Å². The first-order valence-corrected chi connectivity index (χ1v) is 10.4. The number of aryl methyl sites for hydroxylation is 1. The number of sulfone groups is 1. The Morgan fingerprint density at radius 3 is 2.46 bits per heavy atom. The highest BCUT2D eigenvalue weighted by atomic mass is 32.2. The van der Waals surface area contributed by atoms with Crippen molar-refractivity contribution in [3.8, 4) is 0 Å².